The van der Waals surface area contributed by atoms with Crippen LogP contribution in [0.1, 0.15) is 17.0 Å². The minimum atomic E-state index is -2.63. The first-order valence-corrected chi connectivity index (χ1v) is 4.30. The van der Waals surface area contributed by atoms with Crippen molar-refractivity contribution in [3.63, 3.8) is 0 Å². The van der Waals surface area contributed by atoms with Crippen LogP contribution in [0.2, 0.25) is 0 Å². The van der Waals surface area contributed by atoms with E-state index in [-0.39, 0.29) is 12.1 Å². The molecule has 0 aliphatic rings. The van der Waals surface area contributed by atoms with Gasteiger partial charge < -0.3 is 5.73 Å². The van der Waals surface area contributed by atoms with Gasteiger partial charge in [-0.05, 0) is 18.6 Å². The summed E-state index contributed by atoms with van der Waals surface area (Å²) >= 11 is 0. The zero-order valence-electron chi connectivity index (χ0n) is 7.81. The Hall–Kier alpha value is -1.03. The molecule has 2 N–H and O–H groups in total. The predicted molar refractivity (Wildman–Crippen MR) is 48.9 cm³/mol. The molecule has 1 atom stereocenters. The second-order valence-electron chi connectivity index (χ2n) is 3.20. The van der Waals surface area contributed by atoms with E-state index in [9.17, 15) is 13.2 Å². The first-order valence-electron chi connectivity index (χ1n) is 4.30. The average Bonchev–Trinajstić information content (AvgIpc) is 2.11. The van der Waals surface area contributed by atoms with Gasteiger partial charge in [-0.15, -0.1) is 0 Å². The topological polar surface area (TPSA) is 26.0 Å². The molecule has 0 aliphatic heterocycles. The zero-order valence-corrected chi connectivity index (χ0v) is 7.81. The van der Waals surface area contributed by atoms with E-state index in [4.69, 9.17) is 5.73 Å². The van der Waals surface area contributed by atoms with Crippen LogP contribution in [0.5, 0.6) is 0 Å². The molecule has 1 nitrogen and oxygen atoms in total. The molecule has 0 amide bonds. The molecule has 0 bridgehead atoms. The van der Waals surface area contributed by atoms with Gasteiger partial charge >= 0.3 is 0 Å². The van der Waals surface area contributed by atoms with Crippen molar-refractivity contribution >= 4 is 0 Å². The Morgan fingerprint density at radius 3 is 2.50 bits per heavy atom. The Balaban J connectivity index is 3.08. The summed E-state index contributed by atoms with van der Waals surface area (Å²) in [5.74, 6) is -1.83. The lowest BCUT2D eigenvalue weighted by atomic mass is 9.97. The molecule has 0 fully saturated rings. The van der Waals surface area contributed by atoms with Crippen LogP contribution in [-0.2, 0) is 0 Å². The number of alkyl halides is 2. The van der Waals surface area contributed by atoms with Gasteiger partial charge in [0.25, 0.3) is 0 Å². The number of nitrogens with two attached hydrogens (primary N) is 1. The largest absolute Gasteiger partial charge is 0.330 e. The van der Waals surface area contributed by atoms with Crippen molar-refractivity contribution < 1.29 is 13.2 Å². The van der Waals surface area contributed by atoms with Crippen molar-refractivity contribution in [2.45, 2.75) is 19.3 Å². The minimum absolute atomic E-state index is 0.00231. The van der Waals surface area contributed by atoms with Crippen molar-refractivity contribution in [3.05, 3.63) is 35.1 Å². The standard InChI is InChI=1S/C10H12F3N/c1-6-2-3-9(11)7(4-6)8(5-14)10(12)13/h2-4,8,10H,5,14H2,1H3. The number of rotatable bonds is 3. The van der Waals surface area contributed by atoms with Gasteiger partial charge in [0.2, 0.25) is 6.43 Å². The highest BCUT2D eigenvalue weighted by Gasteiger charge is 2.23. The average molecular weight is 203 g/mol. The molecule has 4 heteroatoms. The molecule has 0 saturated carbocycles. The molecule has 1 unspecified atom stereocenters. The summed E-state index contributed by atoms with van der Waals surface area (Å²) in [5.41, 5.74) is 5.93. The van der Waals surface area contributed by atoms with Gasteiger partial charge in [-0.2, -0.15) is 0 Å². The van der Waals surface area contributed by atoms with Crippen molar-refractivity contribution in [3.8, 4) is 0 Å². The fraction of sp³-hybridized carbons (Fsp3) is 0.400. The maximum atomic E-state index is 13.2. The summed E-state index contributed by atoms with van der Waals surface area (Å²) in [7, 11) is 0. The molecule has 0 radical (unpaired) electrons. The predicted octanol–water partition coefficient (Wildman–Crippen LogP) is 2.44. The summed E-state index contributed by atoms with van der Waals surface area (Å²) in [6.07, 6.45) is -2.63. The van der Waals surface area contributed by atoms with Crippen LogP contribution in [0.4, 0.5) is 13.2 Å². The second kappa shape index (κ2) is 4.46. The molecular formula is C10H12F3N. The highest BCUT2D eigenvalue weighted by atomic mass is 19.3. The van der Waals surface area contributed by atoms with Crippen molar-refractivity contribution in [1.29, 1.82) is 0 Å². The summed E-state index contributed by atoms with van der Waals surface area (Å²) in [6.45, 7) is 1.47. The molecule has 0 aromatic heterocycles. The molecule has 78 valence electrons. The van der Waals surface area contributed by atoms with E-state index < -0.39 is 18.2 Å². The smallest absolute Gasteiger partial charge is 0.246 e. The van der Waals surface area contributed by atoms with Crippen LogP contribution < -0.4 is 5.73 Å². The van der Waals surface area contributed by atoms with Gasteiger partial charge in [0.1, 0.15) is 5.82 Å². The first kappa shape index (κ1) is 11.0. The van der Waals surface area contributed by atoms with E-state index in [1.807, 2.05) is 0 Å². The summed E-state index contributed by atoms with van der Waals surface area (Å²) < 4.78 is 38.1. The van der Waals surface area contributed by atoms with Gasteiger partial charge in [0, 0.05) is 6.54 Å². The Morgan fingerprint density at radius 1 is 1.36 bits per heavy atom. The minimum Gasteiger partial charge on any atom is -0.330 e. The van der Waals surface area contributed by atoms with Gasteiger partial charge in [0.15, 0.2) is 0 Å². The van der Waals surface area contributed by atoms with Crippen molar-refractivity contribution in [2.75, 3.05) is 6.54 Å². The van der Waals surface area contributed by atoms with Gasteiger partial charge in [-0.3, -0.25) is 0 Å². The summed E-state index contributed by atoms with van der Waals surface area (Å²) in [4.78, 5) is 0. The third-order valence-corrected chi connectivity index (χ3v) is 2.11. The van der Waals surface area contributed by atoms with E-state index in [1.54, 1.807) is 6.92 Å². The highest BCUT2D eigenvalue weighted by molar-refractivity contribution is 5.28. The van der Waals surface area contributed by atoms with Gasteiger partial charge in [0.05, 0.1) is 5.92 Å². The summed E-state index contributed by atoms with van der Waals surface area (Å²) in [5, 5.41) is 0. The number of aryl methyl sites for hydroxylation is 1. The Bertz CT molecular complexity index is 312. The van der Waals surface area contributed by atoms with E-state index in [0.29, 0.717) is 0 Å². The van der Waals surface area contributed by atoms with E-state index >= 15 is 0 Å². The number of benzene rings is 1. The maximum Gasteiger partial charge on any atom is 0.246 e. The Morgan fingerprint density at radius 2 is 2.00 bits per heavy atom. The summed E-state index contributed by atoms with van der Waals surface area (Å²) in [6, 6.07) is 4.15. The van der Waals surface area contributed by atoms with E-state index in [2.05, 4.69) is 0 Å². The molecule has 14 heavy (non-hydrogen) atoms. The molecular weight excluding hydrogens is 191 g/mol. The third kappa shape index (κ3) is 2.26. The molecule has 0 aliphatic carbocycles. The SMILES string of the molecule is Cc1ccc(F)c(C(CN)C(F)F)c1. The van der Waals surface area contributed by atoms with Crippen LogP contribution in [0, 0.1) is 12.7 Å². The zero-order chi connectivity index (χ0) is 10.7. The maximum absolute atomic E-state index is 13.2. The lowest BCUT2D eigenvalue weighted by Gasteiger charge is -2.15. The number of hydrogen-bond acceptors (Lipinski definition) is 1. The van der Waals surface area contributed by atoms with Crippen molar-refractivity contribution in [2.24, 2.45) is 5.73 Å². The highest BCUT2D eigenvalue weighted by Crippen LogP contribution is 2.25. The van der Waals surface area contributed by atoms with E-state index in [1.165, 1.54) is 18.2 Å². The first-order chi connectivity index (χ1) is 6.56. The fourth-order valence-electron chi connectivity index (χ4n) is 1.31. The van der Waals surface area contributed by atoms with Crippen molar-refractivity contribution in [1.82, 2.24) is 0 Å². The number of halogens is 3. The normalized spacial score (nSPS) is 13.3. The van der Waals surface area contributed by atoms with Crippen LogP contribution in [0.15, 0.2) is 18.2 Å². The van der Waals surface area contributed by atoms with Crippen LogP contribution in [-0.4, -0.2) is 13.0 Å². The second-order valence-corrected chi connectivity index (χ2v) is 3.20. The van der Waals surface area contributed by atoms with E-state index in [0.717, 1.165) is 5.56 Å². The molecule has 1 rings (SSSR count). The monoisotopic (exact) mass is 203 g/mol. The molecule has 0 heterocycles. The quantitative estimate of drug-likeness (QED) is 0.802. The van der Waals surface area contributed by atoms with Crippen LogP contribution in [0.25, 0.3) is 0 Å². The van der Waals surface area contributed by atoms with Crippen LogP contribution >= 0.6 is 0 Å². The Kier molecular flexibility index (Phi) is 3.52. The fourth-order valence-corrected chi connectivity index (χ4v) is 1.31. The third-order valence-electron chi connectivity index (χ3n) is 2.11. The molecule has 1 aromatic rings. The Labute approximate surface area is 80.7 Å². The molecule has 0 spiro atoms. The van der Waals surface area contributed by atoms with Gasteiger partial charge in [-0.1, -0.05) is 17.7 Å². The number of hydrogen-bond donors (Lipinski definition) is 1. The lowest BCUT2D eigenvalue weighted by Crippen LogP contribution is -2.20. The lowest BCUT2D eigenvalue weighted by molar-refractivity contribution is 0.115. The van der Waals surface area contributed by atoms with Gasteiger partial charge in [-0.25, -0.2) is 13.2 Å². The molecule has 0 saturated heterocycles. The molecule has 1 aromatic carbocycles. The van der Waals surface area contributed by atoms with Crippen LogP contribution in [0.3, 0.4) is 0 Å².